The Bertz CT molecular complexity index is 1180. The van der Waals surface area contributed by atoms with Crippen molar-refractivity contribution < 1.29 is 13.2 Å². The average molecular weight is 450 g/mol. The van der Waals surface area contributed by atoms with Gasteiger partial charge in [0.2, 0.25) is 10.0 Å². The third-order valence-electron chi connectivity index (χ3n) is 4.98. The van der Waals surface area contributed by atoms with E-state index in [9.17, 15) is 13.2 Å². The number of para-hydroxylation sites is 1. The molecule has 0 spiro atoms. The van der Waals surface area contributed by atoms with Gasteiger partial charge in [-0.3, -0.25) is 4.79 Å². The number of rotatable bonds is 3. The van der Waals surface area contributed by atoms with E-state index < -0.39 is 10.0 Å². The third-order valence-corrected chi connectivity index (χ3v) is 7.54. The Morgan fingerprint density at radius 1 is 1.10 bits per heavy atom. The maximum Gasteiger partial charge on any atom is 0.254 e. The molecule has 9 heteroatoms. The molecule has 0 unspecified atom stereocenters. The van der Waals surface area contributed by atoms with E-state index in [1.54, 1.807) is 4.90 Å². The first-order valence-electron chi connectivity index (χ1n) is 9.23. The number of aromatic nitrogens is 1. The van der Waals surface area contributed by atoms with Gasteiger partial charge in [0.05, 0.1) is 32.2 Å². The Morgan fingerprint density at radius 3 is 2.62 bits per heavy atom. The minimum Gasteiger partial charge on any atom is -0.337 e. The lowest BCUT2D eigenvalue weighted by Crippen LogP contribution is -2.37. The van der Waals surface area contributed by atoms with Gasteiger partial charge in [0.1, 0.15) is 0 Å². The molecule has 152 valence electrons. The fourth-order valence-electron chi connectivity index (χ4n) is 3.53. The van der Waals surface area contributed by atoms with E-state index in [4.69, 9.17) is 16.6 Å². The molecule has 1 aliphatic heterocycles. The van der Waals surface area contributed by atoms with E-state index >= 15 is 0 Å². The fraction of sp³-hybridized carbons (Fsp3) is 0.300. The van der Waals surface area contributed by atoms with Gasteiger partial charge >= 0.3 is 0 Å². The van der Waals surface area contributed by atoms with Gasteiger partial charge in [0.25, 0.3) is 5.91 Å². The molecule has 3 aromatic rings. The SMILES string of the molecule is CS(=O)(=O)N1CCCN(C(=O)c2cc(-c3ccc(Cl)s3)nc3ccccc23)CC1. The van der Waals surface area contributed by atoms with Crippen LogP contribution in [0.5, 0.6) is 0 Å². The highest BCUT2D eigenvalue weighted by Crippen LogP contribution is 2.32. The largest absolute Gasteiger partial charge is 0.337 e. The third kappa shape index (κ3) is 4.30. The van der Waals surface area contributed by atoms with Gasteiger partial charge in [-0.15, -0.1) is 11.3 Å². The lowest BCUT2D eigenvalue weighted by molar-refractivity contribution is 0.0766. The summed E-state index contributed by atoms with van der Waals surface area (Å²) in [6, 6.07) is 13.1. The van der Waals surface area contributed by atoms with Crippen LogP contribution < -0.4 is 0 Å². The van der Waals surface area contributed by atoms with Crippen LogP contribution in [0.2, 0.25) is 4.34 Å². The minimum absolute atomic E-state index is 0.108. The zero-order valence-corrected chi connectivity index (χ0v) is 18.2. The molecule has 0 aliphatic carbocycles. The zero-order valence-electron chi connectivity index (χ0n) is 15.8. The summed E-state index contributed by atoms with van der Waals surface area (Å²) in [5, 5.41) is 0.785. The van der Waals surface area contributed by atoms with Gasteiger partial charge in [0, 0.05) is 31.6 Å². The minimum atomic E-state index is -3.26. The number of hydrogen-bond donors (Lipinski definition) is 0. The molecular weight excluding hydrogens is 430 g/mol. The smallest absolute Gasteiger partial charge is 0.254 e. The first-order chi connectivity index (χ1) is 13.8. The number of halogens is 1. The molecule has 1 fully saturated rings. The Balaban J connectivity index is 1.71. The second-order valence-corrected chi connectivity index (χ2v) is 10.7. The molecule has 29 heavy (non-hydrogen) atoms. The summed E-state index contributed by atoms with van der Waals surface area (Å²) in [5.41, 5.74) is 2.02. The summed E-state index contributed by atoms with van der Waals surface area (Å²) in [4.78, 5) is 20.8. The van der Waals surface area contributed by atoms with Crippen LogP contribution >= 0.6 is 22.9 Å². The maximum absolute atomic E-state index is 13.4. The normalized spacial score (nSPS) is 16.1. The zero-order chi connectivity index (χ0) is 20.6. The molecule has 0 bridgehead atoms. The summed E-state index contributed by atoms with van der Waals surface area (Å²) in [6.07, 6.45) is 1.81. The predicted molar refractivity (Wildman–Crippen MR) is 117 cm³/mol. The van der Waals surface area contributed by atoms with Crippen molar-refractivity contribution >= 4 is 49.8 Å². The number of fused-ring (bicyclic) bond motifs is 1. The monoisotopic (exact) mass is 449 g/mol. The quantitative estimate of drug-likeness (QED) is 0.611. The van der Waals surface area contributed by atoms with Crippen molar-refractivity contribution in [3.63, 3.8) is 0 Å². The summed E-state index contributed by atoms with van der Waals surface area (Å²) in [7, 11) is -3.26. The Hall–Kier alpha value is -2.00. The molecule has 4 rings (SSSR count). The Kier molecular flexibility index (Phi) is 5.61. The number of nitrogens with zero attached hydrogens (tertiary/aromatic N) is 3. The maximum atomic E-state index is 13.4. The molecule has 3 heterocycles. The number of carbonyl (C=O) groups excluding carboxylic acids is 1. The highest BCUT2D eigenvalue weighted by Gasteiger charge is 2.26. The molecule has 2 aromatic heterocycles. The standard InChI is InChI=1S/C20H20ClN3O3S2/c1-29(26,27)24-10-4-9-23(11-12-24)20(25)15-13-17(18-7-8-19(21)28-18)22-16-6-3-2-5-14(15)16/h2-3,5-8,13H,4,9-12H2,1H3. The first-order valence-corrected chi connectivity index (χ1v) is 12.3. The molecule has 1 aliphatic rings. The van der Waals surface area contributed by atoms with Crippen LogP contribution in [0.15, 0.2) is 42.5 Å². The van der Waals surface area contributed by atoms with E-state index in [2.05, 4.69) is 0 Å². The van der Waals surface area contributed by atoms with Crippen molar-refractivity contribution in [2.24, 2.45) is 0 Å². The van der Waals surface area contributed by atoms with Crippen molar-refractivity contribution in [1.29, 1.82) is 0 Å². The van der Waals surface area contributed by atoms with Crippen molar-refractivity contribution in [2.75, 3.05) is 32.4 Å². The van der Waals surface area contributed by atoms with Crippen LogP contribution in [0.4, 0.5) is 0 Å². The number of benzene rings is 1. The number of hydrogen-bond acceptors (Lipinski definition) is 5. The molecule has 0 saturated carbocycles. The first kappa shape index (κ1) is 20.3. The van der Waals surface area contributed by atoms with Gasteiger partial charge < -0.3 is 4.90 Å². The molecule has 1 aromatic carbocycles. The van der Waals surface area contributed by atoms with Crippen molar-refractivity contribution in [1.82, 2.24) is 14.2 Å². The van der Waals surface area contributed by atoms with E-state index in [0.29, 0.717) is 48.2 Å². The lowest BCUT2D eigenvalue weighted by Gasteiger charge is -2.22. The number of thiophene rings is 1. The van der Waals surface area contributed by atoms with Crippen molar-refractivity contribution in [3.05, 3.63) is 52.4 Å². The van der Waals surface area contributed by atoms with Crippen LogP contribution in [0.3, 0.4) is 0 Å². The van der Waals surface area contributed by atoms with Crippen LogP contribution in [-0.4, -0.2) is 60.9 Å². The number of amides is 1. The van der Waals surface area contributed by atoms with E-state index in [-0.39, 0.29) is 5.91 Å². The van der Waals surface area contributed by atoms with Crippen molar-refractivity contribution in [3.8, 4) is 10.6 Å². The van der Waals surface area contributed by atoms with Gasteiger partial charge in [0.15, 0.2) is 0 Å². The molecule has 0 radical (unpaired) electrons. The molecule has 6 nitrogen and oxygen atoms in total. The van der Waals surface area contributed by atoms with Gasteiger partial charge in [-0.25, -0.2) is 17.7 Å². The number of pyridine rings is 1. The molecule has 1 saturated heterocycles. The van der Waals surface area contributed by atoms with Crippen LogP contribution in [0, 0.1) is 0 Å². The van der Waals surface area contributed by atoms with E-state index in [1.165, 1.54) is 21.9 Å². The highest BCUT2D eigenvalue weighted by molar-refractivity contribution is 7.88. The van der Waals surface area contributed by atoms with Gasteiger partial charge in [-0.1, -0.05) is 29.8 Å². The Labute approximate surface area is 178 Å². The highest BCUT2D eigenvalue weighted by atomic mass is 35.5. The van der Waals surface area contributed by atoms with E-state index in [0.717, 1.165) is 15.8 Å². The average Bonchev–Trinajstić information content (AvgIpc) is 2.97. The summed E-state index contributed by atoms with van der Waals surface area (Å²) in [5.74, 6) is -0.108. The van der Waals surface area contributed by atoms with Gasteiger partial charge in [-0.05, 0) is 30.7 Å². The Morgan fingerprint density at radius 2 is 1.90 bits per heavy atom. The summed E-state index contributed by atoms with van der Waals surface area (Å²) < 4.78 is 25.8. The van der Waals surface area contributed by atoms with Crippen molar-refractivity contribution in [2.45, 2.75) is 6.42 Å². The summed E-state index contributed by atoms with van der Waals surface area (Å²) >= 11 is 7.50. The predicted octanol–water partition coefficient (Wildman–Crippen LogP) is 3.72. The number of carbonyl (C=O) groups is 1. The molecular formula is C20H20ClN3O3S2. The van der Waals surface area contributed by atoms with Gasteiger partial charge in [-0.2, -0.15) is 0 Å². The fourth-order valence-corrected chi connectivity index (χ4v) is 5.41. The second-order valence-electron chi connectivity index (χ2n) is 6.98. The van der Waals surface area contributed by atoms with Crippen LogP contribution in [0.1, 0.15) is 16.8 Å². The number of sulfonamides is 1. The molecule has 0 atom stereocenters. The summed E-state index contributed by atoms with van der Waals surface area (Å²) in [6.45, 7) is 1.62. The topological polar surface area (TPSA) is 70.6 Å². The molecule has 0 N–H and O–H groups in total. The molecule has 1 amide bonds. The van der Waals surface area contributed by atoms with E-state index in [1.807, 2.05) is 42.5 Å². The van der Waals surface area contributed by atoms with Crippen LogP contribution in [0.25, 0.3) is 21.5 Å². The lowest BCUT2D eigenvalue weighted by atomic mass is 10.1. The second kappa shape index (κ2) is 8.02. The van der Waals surface area contributed by atoms with Crippen LogP contribution in [-0.2, 0) is 10.0 Å².